The lowest BCUT2D eigenvalue weighted by molar-refractivity contribution is 0.248. The zero-order valence-corrected chi connectivity index (χ0v) is 10.8. The Balaban J connectivity index is 2.66. The number of aliphatic hydroxyl groups is 1. The summed E-state index contributed by atoms with van der Waals surface area (Å²) in [5.74, 6) is -0.406. The molecule has 0 aliphatic carbocycles. The molecule has 0 heterocycles. The highest BCUT2D eigenvalue weighted by Crippen LogP contribution is 2.24. The molecule has 0 aliphatic rings. The smallest absolute Gasteiger partial charge is 0.124 e. The van der Waals surface area contributed by atoms with E-state index in [1.54, 1.807) is 6.07 Å². The Kier molecular flexibility index (Phi) is 5.11. The van der Waals surface area contributed by atoms with Gasteiger partial charge in [-0.15, -0.1) is 0 Å². The van der Waals surface area contributed by atoms with Crippen molar-refractivity contribution >= 4 is 5.69 Å². The summed E-state index contributed by atoms with van der Waals surface area (Å²) in [5.41, 5.74) is 0.980. The molecule has 3 nitrogen and oxygen atoms in total. The molecule has 18 heavy (non-hydrogen) atoms. The van der Waals surface area contributed by atoms with Crippen LogP contribution in [0.4, 0.5) is 10.1 Å². The highest BCUT2D eigenvalue weighted by molar-refractivity contribution is 5.57. The van der Waals surface area contributed by atoms with Gasteiger partial charge in [0.2, 0.25) is 0 Å². The van der Waals surface area contributed by atoms with Crippen LogP contribution in [-0.4, -0.2) is 18.3 Å². The van der Waals surface area contributed by atoms with Crippen LogP contribution in [0.5, 0.6) is 0 Å². The molecule has 0 radical (unpaired) electrons. The number of nitrogens with one attached hydrogen (secondary N) is 1. The zero-order chi connectivity index (χ0) is 13.6. The van der Waals surface area contributed by atoms with Crippen LogP contribution >= 0.6 is 0 Å². The lowest BCUT2D eigenvalue weighted by Gasteiger charge is -2.25. The first-order valence-corrected chi connectivity index (χ1v) is 6.03. The fourth-order valence-electron chi connectivity index (χ4n) is 1.74. The molecule has 4 heteroatoms. The van der Waals surface area contributed by atoms with Crippen molar-refractivity contribution in [1.29, 1.82) is 5.26 Å². The second kappa shape index (κ2) is 6.36. The van der Waals surface area contributed by atoms with Crippen LogP contribution in [0.2, 0.25) is 0 Å². The third-order valence-corrected chi connectivity index (χ3v) is 2.87. The molecule has 0 saturated heterocycles. The molecule has 0 aliphatic heterocycles. The number of rotatable bonds is 6. The van der Waals surface area contributed by atoms with Gasteiger partial charge in [0.1, 0.15) is 11.9 Å². The standard InChI is InChI=1S/C14H19FN2O/c1-14(2,6-3-7-18)10-17-13-5-4-12(15)8-11(13)9-16/h4-5,8,17-18H,3,6-7,10H2,1-2H3. The van der Waals surface area contributed by atoms with Gasteiger partial charge in [-0.3, -0.25) is 0 Å². The van der Waals surface area contributed by atoms with Gasteiger partial charge in [-0.1, -0.05) is 13.8 Å². The van der Waals surface area contributed by atoms with Crippen LogP contribution in [0, 0.1) is 22.6 Å². The van der Waals surface area contributed by atoms with E-state index >= 15 is 0 Å². The van der Waals surface area contributed by atoms with Gasteiger partial charge < -0.3 is 10.4 Å². The molecule has 0 fully saturated rings. The summed E-state index contributed by atoms with van der Waals surface area (Å²) in [6.45, 7) is 5.03. The number of hydrogen-bond donors (Lipinski definition) is 2. The molecule has 0 saturated carbocycles. The van der Waals surface area contributed by atoms with Gasteiger partial charge in [-0.2, -0.15) is 5.26 Å². The van der Waals surface area contributed by atoms with Gasteiger partial charge in [0.05, 0.1) is 11.3 Å². The summed E-state index contributed by atoms with van der Waals surface area (Å²) in [7, 11) is 0. The Morgan fingerprint density at radius 1 is 1.44 bits per heavy atom. The summed E-state index contributed by atoms with van der Waals surface area (Å²) in [6, 6.07) is 6.12. The van der Waals surface area contributed by atoms with E-state index < -0.39 is 5.82 Å². The van der Waals surface area contributed by atoms with Crippen molar-refractivity contribution < 1.29 is 9.50 Å². The van der Waals surface area contributed by atoms with Gasteiger partial charge >= 0.3 is 0 Å². The van der Waals surface area contributed by atoms with Crippen LogP contribution < -0.4 is 5.32 Å². The highest BCUT2D eigenvalue weighted by Gasteiger charge is 2.17. The van der Waals surface area contributed by atoms with Gasteiger partial charge in [0, 0.05) is 13.2 Å². The van der Waals surface area contributed by atoms with Crippen molar-refractivity contribution in [2.24, 2.45) is 5.41 Å². The van der Waals surface area contributed by atoms with Crippen molar-refractivity contribution in [3.05, 3.63) is 29.6 Å². The number of nitrogens with zero attached hydrogens (tertiary/aromatic N) is 1. The number of benzene rings is 1. The summed E-state index contributed by atoms with van der Waals surface area (Å²) in [4.78, 5) is 0. The molecule has 1 rings (SSSR count). The maximum absolute atomic E-state index is 13.0. The predicted octanol–water partition coefficient (Wildman–Crippen LogP) is 2.91. The number of hydrogen-bond acceptors (Lipinski definition) is 3. The summed E-state index contributed by atoms with van der Waals surface area (Å²) in [5, 5.41) is 20.9. The number of halogens is 1. The van der Waals surface area contributed by atoms with Crippen molar-refractivity contribution in [3.8, 4) is 6.07 Å². The van der Waals surface area contributed by atoms with E-state index in [1.165, 1.54) is 12.1 Å². The SMILES string of the molecule is CC(C)(CCCO)CNc1ccc(F)cc1C#N. The van der Waals surface area contributed by atoms with Gasteiger partial charge in [-0.25, -0.2) is 4.39 Å². The minimum Gasteiger partial charge on any atom is -0.396 e. The number of aliphatic hydroxyl groups excluding tert-OH is 1. The molecule has 0 spiro atoms. The number of anilines is 1. The predicted molar refractivity (Wildman–Crippen MR) is 69.7 cm³/mol. The number of nitriles is 1. The Hall–Kier alpha value is -1.60. The molecule has 0 aromatic heterocycles. The lowest BCUT2D eigenvalue weighted by Crippen LogP contribution is -2.23. The molecular formula is C14H19FN2O. The van der Waals surface area contributed by atoms with Crippen LogP contribution in [0.1, 0.15) is 32.3 Å². The quantitative estimate of drug-likeness (QED) is 0.816. The Labute approximate surface area is 107 Å². The Morgan fingerprint density at radius 2 is 2.17 bits per heavy atom. The minimum atomic E-state index is -0.406. The van der Waals surface area contributed by atoms with Gasteiger partial charge in [0.15, 0.2) is 0 Å². The molecule has 1 aromatic rings. The highest BCUT2D eigenvalue weighted by atomic mass is 19.1. The third kappa shape index (κ3) is 4.34. The molecule has 0 atom stereocenters. The molecule has 1 aromatic carbocycles. The topological polar surface area (TPSA) is 56.0 Å². The summed E-state index contributed by atoms with van der Waals surface area (Å²) in [6.07, 6.45) is 1.64. The van der Waals surface area contributed by atoms with E-state index in [0.717, 1.165) is 12.8 Å². The minimum absolute atomic E-state index is 0.0177. The Morgan fingerprint density at radius 3 is 2.78 bits per heavy atom. The zero-order valence-electron chi connectivity index (χ0n) is 10.8. The van der Waals surface area contributed by atoms with E-state index in [1.807, 2.05) is 6.07 Å². The summed E-state index contributed by atoms with van der Waals surface area (Å²) < 4.78 is 13.0. The molecule has 0 amide bonds. The Bertz CT molecular complexity index is 438. The van der Waals surface area contributed by atoms with E-state index in [2.05, 4.69) is 19.2 Å². The molecule has 2 N–H and O–H groups in total. The first-order chi connectivity index (χ1) is 8.48. The lowest BCUT2D eigenvalue weighted by atomic mass is 9.88. The molecule has 0 unspecified atom stereocenters. The normalized spacial score (nSPS) is 11.1. The summed E-state index contributed by atoms with van der Waals surface area (Å²) >= 11 is 0. The first-order valence-electron chi connectivity index (χ1n) is 6.03. The van der Waals surface area contributed by atoms with E-state index in [0.29, 0.717) is 17.8 Å². The van der Waals surface area contributed by atoms with Crippen LogP contribution in [0.15, 0.2) is 18.2 Å². The maximum Gasteiger partial charge on any atom is 0.124 e. The fraction of sp³-hybridized carbons (Fsp3) is 0.500. The maximum atomic E-state index is 13.0. The van der Waals surface area contributed by atoms with Crippen molar-refractivity contribution in [2.75, 3.05) is 18.5 Å². The largest absolute Gasteiger partial charge is 0.396 e. The van der Waals surface area contributed by atoms with Crippen molar-refractivity contribution in [3.63, 3.8) is 0 Å². The third-order valence-electron chi connectivity index (χ3n) is 2.87. The molecule has 98 valence electrons. The second-order valence-electron chi connectivity index (χ2n) is 5.15. The molecular weight excluding hydrogens is 231 g/mol. The molecule has 0 bridgehead atoms. The van der Waals surface area contributed by atoms with E-state index in [9.17, 15) is 4.39 Å². The van der Waals surface area contributed by atoms with Crippen LogP contribution in [0.3, 0.4) is 0 Å². The van der Waals surface area contributed by atoms with Gasteiger partial charge in [0.25, 0.3) is 0 Å². The fourth-order valence-corrected chi connectivity index (χ4v) is 1.74. The second-order valence-corrected chi connectivity index (χ2v) is 5.15. The monoisotopic (exact) mass is 250 g/mol. The van der Waals surface area contributed by atoms with E-state index in [4.69, 9.17) is 10.4 Å². The van der Waals surface area contributed by atoms with Gasteiger partial charge in [-0.05, 0) is 36.5 Å². The van der Waals surface area contributed by atoms with Crippen molar-refractivity contribution in [1.82, 2.24) is 0 Å². The van der Waals surface area contributed by atoms with Crippen LogP contribution in [0.25, 0.3) is 0 Å². The van der Waals surface area contributed by atoms with Crippen molar-refractivity contribution in [2.45, 2.75) is 26.7 Å². The average Bonchev–Trinajstić information content (AvgIpc) is 2.35. The average molecular weight is 250 g/mol. The first kappa shape index (κ1) is 14.5. The van der Waals surface area contributed by atoms with Crippen LogP contribution in [-0.2, 0) is 0 Å². The van der Waals surface area contributed by atoms with E-state index in [-0.39, 0.29) is 12.0 Å².